The monoisotopic (exact) mass is 94.0 g/mol. The molecule has 1 rings (SSSR count). The fourth-order valence-corrected chi connectivity index (χ4v) is 0.308. The van der Waals surface area contributed by atoms with Crippen LogP contribution >= 0.6 is 0 Å². The molecule has 2 nitrogen and oxygen atoms in total. The van der Waals surface area contributed by atoms with E-state index >= 15 is 0 Å². The Morgan fingerprint density at radius 1 is 1.86 bits per heavy atom. The predicted molar refractivity (Wildman–Crippen MR) is 25.3 cm³/mol. The highest BCUT2D eigenvalue weighted by Gasteiger charge is 1.82. The van der Waals surface area contributed by atoms with E-state index in [0.717, 1.165) is 0 Å². The molecule has 0 N–H and O–H groups in total. The van der Waals surface area contributed by atoms with Gasteiger partial charge in [0.15, 0.2) is 0 Å². The van der Waals surface area contributed by atoms with Crippen molar-refractivity contribution in [3.05, 3.63) is 24.6 Å². The van der Waals surface area contributed by atoms with Crippen molar-refractivity contribution in [2.75, 3.05) is 0 Å². The maximum atomic E-state index is 5.05. The van der Waals surface area contributed by atoms with Crippen LogP contribution in [0.2, 0.25) is 0 Å². The second-order valence-electron chi connectivity index (χ2n) is 1.09. The highest BCUT2D eigenvalue weighted by Crippen LogP contribution is 1.92. The van der Waals surface area contributed by atoms with Gasteiger partial charge < -0.3 is 4.52 Å². The molecule has 35 valence electrons. The Labute approximate surface area is 41.4 Å². The number of aromatic nitrogens is 1. The van der Waals surface area contributed by atoms with Gasteiger partial charge in [0.2, 0.25) is 0 Å². The number of nitrogens with zero attached hydrogens (tertiary/aromatic N) is 1. The molecule has 1 aromatic heterocycles. The lowest BCUT2D eigenvalue weighted by atomic mass is 10.4. The van der Waals surface area contributed by atoms with Crippen molar-refractivity contribution >= 4 is 6.08 Å². The van der Waals surface area contributed by atoms with Gasteiger partial charge in [0.1, 0.15) is 12.0 Å². The summed E-state index contributed by atoms with van der Waals surface area (Å²) >= 11 is 0. The maximum Gasteiger partial charge on any atom is 0.124 e. The van der Waals surface area contributed by atoms with Crippen molar-refractivity contribution in [1.82, 2.24) is 5.16 Å². The minimum absolute atomic E-state index is 0.667. The molecule has 1 aromatic rings. The lowest BCUT2D eigenvalue weighted by Crippen LogP contribution is -1.61. The van der Waals surface area contributed by atoms with Crippen LogP contribution in [0.4, 0.5) is 0 Å². The number of hydrogen-bond acceptors (Lipinski definition) is 2. The van der Waals surface area contributed by atoms with Crippen LogP contribution in [0, 0.1) is 6.58 Å². The molecule has 7 heavy (non-hydrogen) atoms. The summed E-state index contributed by atoms with van der Waals surface area (Å²) in [5.74, 6) is 0. The highest BCUT2D eigenvalue weighted by atomic mass is 16.5. The average molecular weight is 94.1 g/mol. The Morgan fingerprint density at radius 2 is 2.71 bits per heavy atom. The number of hydrogen-bond donors (Lipinski definition) is 0. The molecule has 0 spiro atoms. The molecule has 1 heterocycles. The van der Waals surface area contributed by atoms with Crippen LogP contribution < -0.4 is 0 Å². The summed E-state index contributed by atoms with van der Waals surface area (Å²) in [6.07, 6.45) is 2.85. The molecule has 0 saturated carbocycles. The molecule has 0 aromatic carbocycles. The Morgan fingerprint density at radius 3 is 3.00 bits per heavy atom. The van der Waals surface area contributed by atoms with Crippen molar-refractivity contribution in [3.63, 3.8) is 0 Å². The third-order valence-corrected chi connectivity index (χ3v) is 0.629. The molecule has 0 amide bonds. The minimum Gasteiger partial charge on any atom is -0.364 e. The van der Waals surface area contributed by atoms with Gasteiger partial charge >= 0.3 is 0 Å². The fraction of sp³-hybridized carbons (Fsp3) is 0. The summed E-state index contributed by atoms with van der Waals surface area (Å²) in [7, 11) is 0. The number of rotatable bonds is 1. The van der Waals surface area contributed by atoms with Gasteiger partial charge in [0.25, 0.3) is 0 Å². The van der Waals surface area contributed by atoms with E-state index in [1.54, 1.807) is 6.07 Å². The van der Waals surface area contributed by atoms with E-state index in [4.69, 9.17) is 6.58 Å². The molecule has 0 atom stereocenters. The summed E-state index contributed by atoms with van der Waals surface area (Å²) in [5.41, 5.74) is 0.667. The van der Waals surface area contributed by atoms with Crippen molar-refractivity contribution < 1.29 is 4.52 Å². The van der Waals surface area contributed by atoms with Crippen molar-refractivity contribution in [2.45, 2.75) is 0 Å². The first-order chi connectivity index (χ1) is 3.43. The van der Waals surface area contributed by atoms with E-state index in [1.807, 2.05) is 0 Å². The predicted octanol–water partition coefficient (Wildman–Crippen LogP) is 1.12. The maximum absolute atomic E-state index is 5.05. The van der Waals surface area contributed by atoms with Crippen LogP contribution in [0.3, 0.4) is 0 Å². The average Bonchev–Trinajstić information content (AvgIpc) is 2.14. The van der Waals surface area contributed by atoms with E-state index in [9.17, 15) is 0 Å². The first-order valence-corrected chi connectivity index (χ1v) is 1.89. The molecule has 0 bridgehead atoms. The van der Waals surface area contributed by atoms with Crippen LogP contribution in [0.5, 0.6) is 0 Å². The smallest absolute Gasteiger partial charge is 0.124 e. The zero-order valence-electron chi connectivity index (χ0n) is 3.66. The topological polar surface area (TPSA) is 26.0 Å². The second kappa shape index (κ2) is 1.60. The quantitative estimate of drug-likeness (QED) is 0.521. The van der Waals surface area contributed by atoms with Gasteiger partial charge in [-0.3, -0.25) is 0 Å². The van der Waals surface area contributed by atoms with E-state index in [0.29, 0.717) is 5.69 Å². The van der Waals surface area contributed by atoms with Gasteiger partial charge in [-0.15, -0.1) is 0 Å². The summed E-state index contributed by atoms with van der Waals surface area (Å²) in [5, 5.41) is 3.48. The highest BCUT2D eigenvalue weighted by molar-refractivity contribution is 5.37. The van der Waals surface area contributed by atoms with Gasteiger partial charge in [-0.1, -0.05) is 11.7 Å². The molecule has 2 heteroatoms. The van der Waals surface area contributed by atoms with Crippen LogP contribution in [0.25, 0.3) is 6.08 Å². The Bertz CT molecular complexity index is 143. The summed E-state index contributed by atoms with van der Waals surface area (Å²) in [4.78, 5) is 0. The second-order valence-corrected chi connectivity index (χ2v) is 1.09. The third-order valence-electron chi connectivity index (χ3n) is 0.629. The van der Waals surface area contributed by atoms with Crippen molar-refractivity contribution in [1.29, 1.82) is 0 Å². The largest absolute Gasteiger partial charge is 0.364 e. The van der Waals surface area contributed by atoms with Gasteiger partial charge in [-0.25, -0.2) is 0 Å². The normalized spacial score (nSPS) is 8.57. The molecule has 0 aliphatic heterocycles. The van der Waals surface area contributed by atoms with Crippen molar-refractivity contribution in [3.8, 4) is 0 Å². The van der Waals surface area contributed by atoms with Gasteiger partial charge in [0, 0.05) is 6.07 Å². The minimum atomic E-state index is 0.667. The van der Waals surface area contributed by atoms with Gasteiger partial charge in [0.05, 0.1) is 0 Å². The van der Waals surface area contributed by atoms with Gasteiger partial charge in [-0.05, 0) is 6.08 Å². The summed E-state index contributed by atoms with van der Waals surface area (Å²) in [6.45, 7) is 5.05. The standard InChI is InChI=1S/C5H4NO/c1-2-5-3-4-7-6-5/h1-4H. The van der Waals surface area contributed by atoms with E-state index in [2.05, 4.69) is 9.68 Å². The Kier molecular flexibility index (Phi) is 0.941. The van der Waals surface area contributed by atoms with E-state index in [1.165, 1.54) is 12.3 Å². The van der Waals surface area contributed by atoms with E-state index in [-0.39, 0.29) is 0 Å². The summed E-state index contributed by atoms with van der Waals surface area (Å²) < 4.78 is 4.44. The van der Waals surface area contributed by atoms with Crippen LogP contribution in [0.1, 0.15) is 5.69 Å². The third kappa shape index (κ3) is 0.682. The van der Waals surface area contributed by atoms with Crippen LogP contribution in [0.15, 0.2) is 16.9 Å². The zero-order chi connectivity index (χ0) is 5.11. The molecule has 0 aliphatic rings. The molecule has 0 unspecified atom stereocenters. The zero-order valence-corrected chi connectivity index (χ0v) is 3.66. The lowest BCUT2D eigenvalue weighted by molar-refractivity contribution is 0.418. The molecule has 0 aliphatic carbocycles. The van der Waals surface area contributed by atoms with Crippen LogP contribution in [-0.4, -0.2) is 5.16 Å². The Balaban J connectivity index is 2.96. The molecule has 1 radical (unpaired) electrons. The van der Waals surface area contributed by atoms with E-state index < -0.39 is 0 Å². The lowest BCUT2D eigenvalue weighted by Gasteiger charge is -1.67. The first kappa shape index (κ1) is 4.12. The van der Waals surface area contributed by atoms with Crippen molar-refractivity contribution in [2.24, 2.45) is 0 Å². The first-order valence-electron chi connectivity index (χ1n) is 1.89. The fourth-order valence-electron chi connectivity index (χ4n) is 0.308. The SMILES string of the molecule is [CH]=Cc1ccon1. The van der Waals surface area contributed by atoms with Gasteiger partial charge in [-0.2, -0.15) is 0 Å². The van der Waals surface area contributed by atoms with Crippen LogP contribution in [-0.2, 0) is 0 Å². The molecular formula is C5H4NO. The molecule has 0 fully saturated rings. The molecule has 0 saturated heterocycles. The Hall–Kier alpha value is -1.05. The molecular weight excluding hydrogens is 90.1 g/mol. The summed E-state index contributed by atoms with van der Waals surface area (Å²) in [6, 6.07) is 1.68.